The lowest BCUT2D eigenvalue weighted by molar-refractivity contribution is 0.0821. The van der Waals surface area contributed by atoms with Crippen molar-refractivity contribution in [2.45, 2.75) is 46.5 Å². The Kier molecular flexibility index (Phi) is 3.92. The first kappa shape index (κ1) is 14.8. The molecule has 1 aliphatic carbocycles. The molecule has 1 heterocycles. The number of carbonyl (C=O) groups excluding carboxylic acids is 1. The number of ketones is 1. The molecule has 0 bridgehead atoms. The second-order valence-corrected chi connectivity index (χ2v) is 8.34. The molecular formula is C19H24OS. The summed E-state index contributed by atoms with van der Waals surface area (Å²) in [6.45, 7) is 6.98. The highest BCUT2D eigenvalue weighted by atomic mass is 32.1. The zero-order valence-electron chi connectivity index (χ0n) is 13.2. The van der Waals surface area contributed by atoms with E-state index >= 15 is 0 Å². The number of thiophene rings is 1. The molecule has 2 aromatic rings. The highest BCUT2D eigenvalue weighted by Gasteiger charge is 2.33. The number of hydrogen-bond acceptors (Lipinski definition) is 2. The fraction of sp³-hybridized carbons (Fsp3) is 0.526. The summed E-state index contributed by atoms with van der Waals surface area (Å²) in [5.41, 5.74) is 1.32. The standard InChI is InChI=1S/C19H24OS/c1-19(2,3)15-9-7-13(8-10-15)17(20)16-6-4-5-14-11-12-21-18(14)16/h4-6,11-13,15H,7-10H2,1-3H3. The van der Waals surface area contributed by atoms with Gasteiger partial charge in [-0.1, -0.05) is 32.9 Å². The van der Waals surface area contributed by atoms with Crippen LogP contribution in [0.25, 0.3) is 10.1 Å². The number of hydrogen-bond donors (Lipinski definition) is 0. The molecule has 0 atom stereocenters. The van der Waals surface area contributed by atoms with Gasteiger partial charge in [0.05, 0.1) is 0 Å². The average Bonchev–Trinajstić information content (AvgIpc) is 2.94. The zero-order chi connectivity index (χ0) is 15.0. The quantitative estimate of drug-likeness (QED) is 0.628. The Morgan fingerprint density at radius 3 is 2.48 bits per heavy atom. The summed E-state index contributed by atoms with van der Waals surface area (Å²) >= 11 is 1.69. The van der Waals surface area contributed by atoms with Gasteiger partial charge in [-0.2, -0.15) is 0 Å². The second-order valence-electron chi connectivity index (χ2n) is 7.42. The van der Waals surface area contributed by atoms with Crippen molar-refractivity contribution in [1.82, 2.24) is 0 Å². The second kappa shape index (κ2) is 5.57. The minimum Gasteiger partial charge on any atom is -0.294 e. The van der Waals surface area contributed by atoms with Crippen LogP contribution in [0.15, 0.2) is 29.6 Å². The topological polar surface area (TPSA) is 17.1 Å². The molecule has 1 nitrogen and oxygen atoms in total. The van der Waals surface area contributed by atoms with Crippen LogP contribution in [0.1, 0.15) is 56.8 Å². The van der Waals surface area contributed by atoms with Crippen LogP contribution in [0.4, 0.5) is 0 Å². The molecule has 0 N–H and O–H groups in total. The highest BCUT2D eigenvalue weighted by Crippen LogP contribution is 2.41. The molecule has 0 unspecified atom stereocenters. The van der Waals surface area contributed by atoms with Crippen LogP contribution in [-0.2, 0) is 0 Å². The fourth-order valence-electron chi connectivity index (χ4n) is 3.63. The molecule has 1 aliphatic rings. The molecule has 1 fully saturated rings. The summed E-state index contributed by atoms with van der Waals surface area (Å²) in [7, 11) is 0. The molecule has 1 aromatic heterocycles. The first-order valence-electron chi connectivity index (χ1n) is 7.97. The summed E-state index contributed by atoms with van der Waals surface area (Å²) in [5.74, 6) is 1.37. The smallest absolute Gasteiger partial charge is 0.167 e. The Labute approximate surface area is 131 Å². The molecule has 112 valence electrons. The van der Waals surface area contributed by atoms with Gasteiger partial charge >= 0.3 is 0 Å². The SMILES string of the molecule is CC(C)(C)C1CCC(C(=O)c2cccc3ccsc23)CC1. The van der Waals surface area contributed by atoms with Gasteiger partial charge < -0.3 is 0 Å². The van der Waals surface area contributed by atoms with E-state index in [2.05, 4.69) is 38.3 Å². The van der Waals surface area contributed by atoms with Gasteiger partial charge in [0, 0.05) is 16.2 Å². The van der Waals surface area contributed by atoms with E-state index < -0.39 is 0 Å². The zero-order valence-corrected chi connectivity index (χ0v) is 14.0. The maximum atomic E-state index is 12.9. The Hall–Kier alpha value is -1.15. The van der Waals surface area contributed by atoms with Crippen molar-refractivity contribution < 1.29 is 4.79 Å². The van der Waals surface area contributed by atoms with E-state index in [0.29, 0.717) is 11.2 Å². The first-order valence-corrected chi connectivity index (χ1v) is 8.85. The maximum Gasteiger partial charge on any atom is 0.167 e. The molecule has 3 rings (SSSR count). The number of fused-ring (bicyclic) bond motifs is 1. The normalized spacial score (nSPS) is 23.4. The summed E-state index contributed by atoms with van der Waals surface area (Å²) < 4.78 is 1.17. The van der Waals surface area contributed by atoms with Gasteiger partial charge in [0.2, 0.25) is 0 Å². The van der Waals surface area contributed by atoms with Gasteiger partial charge in [0.25, 0.3) is 0 Å². The van der Waals surface area contributed by atoms with Crippen molar-refractivity contribution in [2.24, 2.45) is 17.3 Å². The predicted molar refractivity (Wildman–Crippen MR) is 91.1 cm³/mol. The van der Waals surface area contributed by atoms with E-state index in [1.807, 2.05) is 12.1 Å². The van der Waals surface area contributed by atoms with Crippen LogP contribution in [0.3, 0.4) is 0 Å². The van der Waals surface area contributed by atoms with Crippen LogP contribution in [0.5, 0.6) is 0 Å². The van der Waals surface area contributed by atoms with E-state index in [9.17, 15) is 4.79 Å². The van der Waals surface area contributed by atoms with Crippen molar-refractivity contribution in [3.8, 4) is 0 Å². The molecule has 0 spiro atoms. The maximum absolute atomic E-state index is 12.9. The largest absolute Gasteiger partial charge is 0.294 e. The Morgan fingerprint density at radius 2 is 1.81 bits per heavy atom. The van der Waals surface area contributed by atoms with Crippen LogP contribution < -0.4 is 0 Å². The van der Waals surface area contributed by atoms with E-state index in [1.54, 1.807) is 11.3 Å². The lowest BCUT2D eigenvalue weighted by atomic mass is 9.69. The van der Waals surface area contributed by atoms with Crippen LogP contribution >= 0.6 is 11.3 Å². The van der Waals surface area contributed by atoms with Gasteiger partial charge in [0.1, 0.15) is 0 Å². The van der Waals surface area contributed by atoms with E-state index in [0.717, 1.165) is 24.3 Å². The fourth-order valence-corrected chi connectivity index (χ4v) is 4.55. The third-order valence-electron chi connectivity index (χ3n) is 5.07. The molecule has 2 heteroatoms. The van der Waals surface area contributed by atoms with Gasteiger partial charge in [-0.3, -0.25) is 4.79 Å². The Balaban J connectivity index is 1.77. The molecule has 0 saturated heterocycles. The highest BCUT2D eigenvalue weighted by molar-refractivity contribution is 7.17. The first-order chi connectivity index (χ1) is 9.97. The van der Waals surface area contributed by atoms with Crippen molar-refractivity contribution in [1.29, 1.82) is 0 Å². The number of rotatable bonds is 2. The summed E-state index contributed by atoms with van der Waals surface area (Å²) in [5, 5.41) is 3.28. The van der Waals surface area contributed by atoms with Crippen LogP contribution in [-0.4, -0.2) is 5.78 Å². The van der Waals surface area contributed by atoms with Gasteiger partial charge in [0.15, 0.2) is 5.78 Å². The third kappa shape index (κ3) is 2.91. The summed E-state index contributed by atoms with van der Waals surface area (Å²) in [4.78, 5) is 12.9. The third-order valence-corrected chi connectivity index (χ3v) is 6.03. The van der Waals surface area contributed by atoms with Crippen molar-refractivity contribution in [3.63, 3.8) is 0 Å². The van der Waals surface area contributed by atoms with Crippen LogP contribution in [0.2, 0.25) is 0 Å². The average molecular weight is 300 g/mol. The lowest BCUT2D eigenvalue weighted by Gasteiger charge is -2.36. The van der Waals surface area contributed by atoms with Crippen molar-refractivity contribution >= 4 is 27.2 Å². The van der Waals surface area contributed by atoms with Crippen LogP contribution in [0, 0.1) is 17.3 Å². The van der Waals surface area contributed by atoms with E-state index in [1.165, 1.54) is 22.9 Å². The summed E-state index contributed by atoms with van der Waals surface area (Å²) in [6.07, 6.45) is 4.51. The monoisotopic (exact) mass is 300 g/mol. The predicted octanol–water partition coefficient (Wildman–Crippen LogP) is 5.94. The van der Waals surface area contributed by atoms with Crippen molar-refractivity contribution in [3.05, 3.63) is 35.2 Å². The minimum absolute atomic E-state index is 0.233. The van der Waals surface area contributed by atoms with E-state index in [4.69, 9.17) is 0 Å². The number of Topliss-reactive ketones (excluding diaryl/α,β-unsaturated/α-hetero) is 1. The number of benzene rings is 1. The van der Waals surface area contributed by atoms with E-state index in [-0.39, 0.29) is 5.92 Å². The molecule has 0 radical (unpaired) electrons. The molecule has 0 aliphatic heterocycles. The molecular weight excluding hydrogens is 276 g/mol. The number of carbonyl (C=O) groups is 1. The molecule has 0 amide bonds. The van der Waals surface area contributed by atoms with Gasteiger partial charge in [-0.25, -0.2) is 0 Å². The summed E-state index contributed by atoms with van der Waals surface area (Å²) in [6, 6.07) is 8.23. The Morgan fingerprint density at radius 1 is 1.10 bits per heavy atom. The Bertz CT molecular complexity index is 639. The van der Waals surface area contributed by atoms with Crippen molar-refractivity contribution in [2.75, 3.05) is 0 Å². The molecule has 1 saturated carbocycles. The molecule has 1 aromatic carbocycles. The molecule has 21 heavy (non-hydrogen) atoms. The lowest BCUT2D eigenvalue weighted by Crippen LogP contribution is -2.28. The minimum atomic E-state index is 0.233. The van der Waals surface area contributed by atoms with Gasteiger partial charge in [-0.05, 0) is 59.9 Å². The van der Waals surface area contributed by atoms with Gasteiger partial charge in [-0.15, -0.1) is 11.3 Å².